The molecule has 15 heteroatoms. The van der Waals surface area contributed by atoms with Crippen molar-refractivity contribution < 1.29 is 36.0 Å². The molecule has 70 heavy (non-hydrogen) atoms. The van der Waals surface area contributed by atoms with Crippen molar-refractivity contribution in [3.8, 4) is 0 Å². The van der Waals surface area contributed by atoms with Gasteiger partial charge >= 0.3 is 0 Å². The number of aromatic nitrogens is 4. The predicted molar refractivity (Wildman–Crippen MR) is 288 cm³/mol. The Morgan fingerprint density at radius 1 is 0.543 bits per heavy atom. The maximum atomic E-state index is 12.1. The number of carbonyl (C=O) groups is 4. The van der Waals surface area contributed by atoms with Crippen LogP contribution in [-0.4, -0.2) is 49.1 Å². The van der Waals surface area contributed by atoms with Crippen LogP contribution >= 0.6 is 34.2 Å². The molecule has 6 aromatic carbocycles. The third-order valence-corrected chi connectivity index (χ3v) is 11.3. The minimum absolute atomic E-state index is 0. The molecule has 0 aliphatic rings. The Kier molecular flexibility index (Phi) is 24.6. The largest absolute Gasteiger partial charge is 0.358 e. The Balaban J connectivity index is 0.000000245. The van der Waals surface area contributed by atoms with Crippen LogP contribution in [0, 0.1) is 38.7 Å². The number of hydrogen-bond acceptors (Lipinski definition) is 6. The predicted octanol–water partition coefficient (Wildman–Crippen LogP) is 12.2. The summed E-state index contributed by atoms with van der Waals surface area (Å²) in [6, 6.07) is 51.2. The second-order valence-electron chi connectivity index (χ2n) is 15.2. The van der Waals surface area contributed by atoms with Crippen molar-refractivity contribution >= 4 is 80.6 Å². The van der Waals surface area contributed by atoms with Crippen molar-refractivity contribution in [1.82, 2.24) is 19.6 Å². The standard InChI is InChI=1S/C14H16ClN3O.C14H17N3O.C13H10INO.C13H11NO.CH3.Co/c1-11-5-3-6-12(2)14(11)18(13(19)9-15)10-17-8-4-7-16-17;1-11-6-4-7-12(2)14(11)17(13(3)18)10-16-9-5-8-15-16;14-12-9-5-4-8-11(12)13(16)15-10-6-2-1-3-7-10;15-13(11-7-3-1-4-8-11)14-12-9-5-2-6-10-12;;/h3-8H,9-10H2,1-2H3;4-9H,10H2,1-3H3;1-9H,(H,15,16);1-10H,(H,14,15);1H3;/q;;;;-1;. The van der Waals surface area contributed by atoms with Crippen LogP contribution in [0.3, 0.4) is 0 Å². The first-order valence-electron chi connectivity index (χ1n) is 21.6. The number of halogens is 2. The maximum absolute atomic E-state index is 12.1. The molecule has 12 nitrogen and oxygen atoms in total. The van der Waals surface area contributed by atoms with Gasteiger partial charge in [-0.25, -0.2) is 0 Å². The van der Waals surface area contributed by atoms with Crippen LogP contribution in [0.15, 0.2) is 189 Å². The fraction of sp³-hybridized carbons (Fsp3) is 0.145. The summed E-state index contributed by atoms with van der Waals surface area (Å²) in [5.74, 6) is -0.315. The summed E-state index contributed by atoms with van der Waals surface area (Å²) in [6.45, 7) is 10.4. The Bertz CT molecular complexity index is 2800. The van der Waals surface area contributed by atoms with E-state index in [0.29, 0.717) is 24.5 Å². The first-order chi connectivity index (χ1) is 32.9. The molecule has 0 unspecified atom stereocenters. The van der Waals surface area contributed by atoms with Gasteiger partial charge in [0, 0.05) is 69.0 Å². The van der Waals surface area contributed by atoms with Gasteiger partial charge in [-0.1, -0.05) is 103 Å². The molecule has 0 saturated heterocycles. The third-order valence-electron chi connectivity index (χ3n) is 10.1. The van der Waals surface area contributed by atoms with Gasteiger partial charge in [0.05, 0.1) is 16.9 Å². The van der Waals surface area contributed by atoms with Gasteiger partial charge in [0.25, 0.3) is 11.8 Å². The molecule has 8 aromatic rings. The Morgan fingerprint density at radius 3 is 1.36 bits per heavy atom. The summed E-state index contributed by atoms with van der Waals surface area (Å²) in [7, 11) is 0. The Labute approximate surface area is 440 Å². The normalized spacial score (nSPS) is 9.81. The molecule has 2 heterocycles. The van der Waals surface area contributed by atoms with Gasteiger partial charge in [0.1, 0.15) is 19.2 Å². The second kappa shape index (κ2) is 29.9. The maximum Gasteiger partial charge on any atom is 0.256 e. The number of benzene rings is 6. The van der Waals surface area contributed by atoms with Crippen molar-refractivity contribution in [1.29, 1.82) is 0 Å². The van der Waals surface area contributed by atoms with E-state index in [9.17, 15) is 19.2 Å². The summed E-state index contributed by atoms with van der Waals surface area (Å²) < 4.78 is 4.40. The molecule has 0 aliphatic heterocycles. The van der Waals surface area contributed by atoms with Gasteiger partial charge in [-0.15, -0.1) is 11.6 Å². The fourth-order valence-corrected chi connectivity index (χ4v) is 7.65. The van der Waals surface area contributed by atoms with Crippen molar-refractivity contribution in [2.75, 3.05) is 26.3 Å². The zero-order valence-electron chi connectivity index (χ0n) is 39.9. The fourth-order valence-electron chi connectivity index (χ4n) is 6.87. The van der Waals surface area contributed by atoms with E-state index in [1.807, 2.05) is 192 Å². The van der Waals surface area contributed by atoms with E-state index in [1.165, 1.54) is 0 Å². The van der Waals surface area contributed by atoms with Crippen LogP contribution in [0.4, 0.5) is 22.7 Å². The number of amides is 4. The molecule has 0 atom stereocenters. The SMILES string of the molecule is CC(=O)N(Cn1cccn1)c1c(C)cccc1C.Cc1cccc(C)c1N(Cn1cccn1)C(=O)CCl.O=C(Nc1ccccc1)c1ccccc1.O=C(Nc1ccccc1)c1ccccc1I.[CH3-].[Co]. The molecular formula is C55H57ClCoIN8O4-. The molecule has 4 amide bonds. The van der Waals surface area contributed by atoms with Crippen LogP contribution in [0.2, 0.25) is 0 Å². The Morgan fingerprint density at radius 2 is 0.943 bits per heavy atom. The third kappa shape index (κ3) is 17.6. The van der Waals surface area contributed by atoms with E-state index in [-0.39, 0.29) is 53.7 Å². The Hall–Kier alpha value is -6.85. The molecular weight excluding hydrogens is 1060 g/mol. The van der Waals surface area contributed by atoms with Crippen LogP contribution in [-0.2, 0) is 39.7 Å². The van der Waals surface area contributed by atoms with Gasteiger partial charge in [0.2, 0.25) is 11.8 Å². The number of para-hydroxylation sites is 4. The monoisotopic (exact) mass is 1110 g/mol. The molecule has 0 saturated carbocycles. The number of nitrogens with one attached hydrogen (secondary N) is 2. The summed E-state index contributed by atoms with van der Waals surface area (Å²) in [5.41, 5.74) is 9.15. The average Bonchev–Trinajstić information content (AvgIpc) is 4.07. The van der Waals surface area contributed by atoms with Gasteiger partial charge in [-0.3, -0.25) is 38.3 Å². The van der Waals surface area contributed by atoms with Gasteiger partial charge in [-0.2, -0.15) is 10.2 Å². The van der Waals surface area contributed by atoms with E-state index >= 15 is 0 Å². The molecule has 0 spiro atoms. The molecule has 0 fully saturated rings. The molecule has 0 bridgehead atoms. The van der Waals surface area contributed by atoms with Crippen LogP contribution in [0.5, 0.6) is 0 Å². The van der Waals surface area contributed by atoms with E-state index in [4.69, 9.17) is 11.6 Å². The average molecular weight is 1120 g/mol. The van der Waals surface area contributed by atoms with Crippen LogP contribution in [0.25, 0.3) is 0 Å². The summed E-state index contributed by atoms with van der Waals surface area (Å²) in [5, 5.41) is 14.0. The molecule has 2 aromatic heterocycles. The van der Waals surface area contributed by atoms with E-state index < -0.39 is 0 Å². The van der Waals surface area contributed by atoms with Gasteiger partial charge in [0.15, 0.2) is 0 Å². The summed E-state index contributed by atoms with van der Waals surface area (Å²) in [4.78, 5) is 51.0. The number of alkyl halides is 1. The zero-order valence-corrected chi connectivity index (χ0v) is 43.9. The molecule has 8 rings (SSSR count). The molecule has 365 valence electrons. The minimum Gasteiger partial charge on any atom is -0.358 e. The van der Waals surface area contributed by atoms with E-state index in [0.717, 1.165) is 48.6 Å². The first-order valence-corrected chi connectivity index (χ1v) is 23.2. The summed E-state index contributed by atoms with van der Waals surface area (Å²) in [6.07, 6.45) is 7.07. The number of aryl methyl sites for hydroxylation is 4. The van der Waals surface area contributed by atoms with Crippen molar-refractivity contribution in [2.24, 2.45) is 0 Å². The number of hydrogen-bond donors (Lipinski definition) is 2. The van der Waals surface area contributed by atoms with Gasteiger partial charge < -0.3 is 18.1 Å². The molecule has 0 aliphatic carbocycles. The first kappa shape index (κ1) is 57.5. The van der Waals surface area contributed by atoms with Crippen LogP contribution in [0.1, 0.15) is 49.9 Å². The molecule has 1 radical (unpaired) electrons. The van der Waals surface area contributed by atoms with Gasteiger partial charge in [-0.05, 0) is 133 Å². The topological polar surface area (TPSA) is 134 Å². The van der Waals surface area contributed by atoms with E-state index in [1.54, 1.807) is 50.6 Å². The quantitative estimate of drug-likeness (QED) is 0.0752. The van der Waals surface area contributed by atoms with Crippen molar-refractivity contribution in [2.45, 2.75) is 48.0 Å². The smallest absolute Gasteiger partial charge is 0.256 e. The van der Waals surface area contributed by atoms with E-state index in [2.05, 4.69) is 43.4 Å². The van der Waals surface area contributed by atoms with Crippen molar-refractivity contribution in [3.05, 3.63) is 233 Å². The number of carbonyl (C=O) groups excluding carboxylic acids is 4. The van der Waals surface area contributed by atoms with Crippen LogP contribution < -0.4 is 20.4 Å². The summed E-state index contributed by atoms with van der Waals surface area (Å²) >= 11 is 7.88. The molecule has 2 N–H and O–H groups in total. The number of rotatable bonds is 11. The number of anilines is 4. The number of nitrogens with zero attached hydrogens (tertiary/aromatic N) is 6. The van der Waals surface area contributed by atoms with Crippen molar-refractivity contribution in [3.63, 3.8) is 0 Å². The zero-order chi connectivity index (χ0) is 48.8. The second-order valence-corrected chi connectivity index (χ2v) is 16.7. The minimum atomic E-state index is -0.130.